The van der Waals surface area contributed by atoms with Gasteiger partial charge in [0.05, 0.1) is 4.83 Å². The van der Waals surface area contributed by atoms with Crippen molar-refractivity contribution in [2.45, 2.75) is 51.1 Å². The Bertz CT molecular complexity index is 591. The Morgan fingerprint density at radius 1 is 1.18 bits per heavy atom. The van der Waals surface area contributed by atoms with Crippen LogP contribution in [0.15, 0.2) is 36.4 Å². The second-order valence-electron chi connectivity index (χ2n) is 5.81. The summed E-state index contributed by atoms with van der Waals surface area (Å²) in [4.78, 5) is 0.143. The van der Waals surface area contributed by atoms with Crippen LogP contribution in [0.2, 0.25) is 0 Å². The summed E-state index contributed by atoms with van der Waals surface area (Å²) >= 11 is 3.89. The van der Waals surface area contributed by atoms with E-state index in [1.807, 2.05) is 6.07 Å². The van der Waals surface area contributed by atoms with Gasteiger partial charge in [-0.15, -0.1) is 0 Å². The molecule has 0 bridgehead atoms. The van der Waals surface area contributed by atoms with Crippen molar-refractivity contribution >= 4 is 15.9 Å². The largest absolute Gasteiger partial charge is 0.375 e. The maximum atomic E-state index is 5.80. The minimum absolute atomic E-state index is 0.00952. The predicted molar refractivity (Wildman–Crippen MR) is 96.7 cm³/mol. The van der Waals surface area contributed by atoms with E-state index in [0.717, 1.165) is 6.54 Å². The van der Waals surface area contributed by atoms with Crippen molar-refractivity contribution in [1.29, 1.82) is 0 Å². The predicted octanol–water partition coefficient (Wildman–Crippen LogP) is 5.73. The molecule has 0 aliphatic heterocycles. The number of rotatable bonds is 7. The van der Waals surface area contributed by atoms with Crippen LogP contribution in [0, 0.1) is 13.8 Å². The molecule has 0 spiro atoms. The van der Waals surface area contributed by atoms with Gasteiger partial charge in [0.1, 0.15) is 6.10 Å². The van der Waals surface area contributed by atoms with Gasteiger partial charge in [0.15, 0.2) is 0 Å². The Labute approximate surface area is 142 Å². The second-order valence-corrected chi connectivity index (χ2v) is 6.80. The zero-order valence-corrected chi connectivity index (χ0v) is 15.6. The number of benzene rings is 1. The Hall–Kier alpha value is -1.06. The van der Waals surface area contributed by atoms with Crippen LogP contribution in [0.1, 0.15) is 53.2 Å². The van der Waals surface area contributed by atoms with E-state index in [1.54, 1.807) is 7.11 Å². The first kappa shape index (κ1) is 17.3. The van der Waals surface area contributed by atoms with Gasteiger partial charge >= 0.3 is 0 Å². The van der Waals surface area contributed by atoms with E-state index in [-0.39, 0.29) is 10.9 Å². The number of ether oxygens (including phenoxy) is 1. The average molecular weight is 364 g/mol. The highest BCUT2D eigenvalue weighted by molar-refractivity contribution is 9.09. The first-order valence-electron chi connectivity index (χ1n) is 7.98. The monoisotopic (exact) mass is 363 g/mol. The highest BCUT2D eigenvalue weighted by Crippen LogP contribution is 2.40. The van der Waals surface area contributed by atoms with Crippen LogP contribution in [-0.2, 0) is 11.3 Å². The van der Waals surface area contributed by atoms with Gasteiger partial charge in [-0.25, -0.2) is 0 Å². The van der Waals surface area contributed by atoms with Crippen molar-refractivity contribution in [3.05, 3.63) is 58.9 Å². The molecule has 1 heterocycles. The highest BCUT2D eigenvalue weighted by atomic mass is 79.9. The fourth-order valence-corrected chi connectivity index (χ4v) is 3.77. The minimum atomic E-state index is 0.00952. The van der Waals surface area contributed by atoms with Gasteiger partial charge in [-0.3, -0.25) is 0 Å². The molecule has 1 aromatic carbocycles. The Morgan fingerprint density at radius 2 is 1.86 bits per heavy atom. The molecular weight excluding hydrogens is 338 g/mol. The van der Waals surface area contributed by atoms with Crippen molar-refractivity contribution in [3.8, 4) is 0 Å². The molecule has 0 N–H and O–H groups in total. The number of aryl methyl sites for hydroxylation is 1. The summed E-state index contributed by atoms with van der Waals surface area (Å²) < 4.78 is 8.24. The van der Waals surface area contributed by atoms with Crippen LogP contribution in [0.4, 0.5) is 0 Å². The molecule has 22 heavy (non-hydrogen) atoms. The van der Waals surface area contributed by atoms with Crippen LogP contribution >= 0.6 is 15.9 Å². The smallest absolute Gasteiger partial charge is 0.100 e. The van der Waals surface area contributed by atoms with Gasteiger partial charge in [0.2, 0.25) is 0 Å². The second kappa shape index (κ2) is 7.98. The third kappa shape index (κ3) is 3.64. The summed E-state index contributed by atoms with van der Waals surface area (Å²) in [6, 6.07) is 12.7. The van der Waals surface area contributed by atoms with Gasteiger partial charge in [-0.05, 0) is 37.5 Å². The van der Waals surface area contributed by atoms with E-state index < -0.39 is 0 Å². The van der Waals surface area contributed by atoms with Crippen LogP contribution in [0.5, 0.6) is 0 Å². The van der Waals surface area contributed by atoms with Gasteiger partial charge in [-0.2, -0.15) is 0 Å². The molecule has 3 heteroatoms. The average Bonchev–Trinajstić information content (AvgIpc) is 2.82. The molecule has 120 valence electrons. The molecule has 2 rings (SSSR count). The van der Waals surface area contributed by atoms with Crippen LogP contribution in [-0.4, -0.2) is 11.7 Å². The zero-order valence-electron chi connectivity index (χ0n) is 14.0. The fourth-order valence-electron chi connectivity index (χ4n) is 2.87. The third-order valence-electron chi connectivity index (χ3n) is 4.32. The SMILES string of the molecule is CCCCn1c(C(Br)C(OC)c2ccccc2)cc(C)c1C. The molecule has 2 atom stereocenters. The number of alkyl halides is 1. The van der Waals surface area contributed by atoms with E-state index in [9.17, 15) is 0 Å². The Kier molecular flexibility index (Phi) is 6.27. The van der Waals surface area contributed by atoms with E-state index >= 15 is 0 Å². The quantitative estimate of drug-likeness (QED) is 0.573. The molecule has 2 nitrogen and oxygen atoms in total. The molecule has 0 saturated heterocycles. The zero-order chi connectivity index (χ0) is 16.1. The third-order valence-corrected chi connectivity index (χ3v) is 5.27. The molecule has 1 aromatic heterocycles. The lowest BCUT2D eigenvalue weighted by Crippen LogP contribution is -2.13. The molecule has 0 radical (unpaired) electrons. The molecule has 2 unspecified atom stereocenters. The van der Waals surface area contributed by atoms with E-state index in [2.05, 4.69) is 71.6 Å². The first-order valence-corrected chi connectivity index (χ1v) is 8.90. The van der Waals surface area contributed by atoms with Crippen molar-refractivity contribution in [1.82, 2.24) is 4.57 Å². The number of hydrogen-bond acceptors (Lipinski definition) is 1. The van der Waals surface area contributed by atoms with E-state index in [1.165, 1.54) is 35.4 Å². The number of unbranched alkanes of at least 4 members (excludes halogenated alkanes) is 1. The van der Waals surface area contributed by atoms with Gasteiger partial charge in [0, 0.05) is 25.0 Å². The lowest BCUT2D eigenvalue weighted by Gasteiger charge is -2.24. The normalized spacial score (nSPS) is 14.0. The number of nitrogens with zero attached hydrogens (tertiary/aromatic N) is 1. The summed E-state index contributed by atoms with van der Waals surface area (Å²) in [5, 5.41) is 0. The lowest BCUT2D eigenvalue weighted by molar-refractivity contribution is 0.101. The number of halogens is 1. The molecule has 0 aliphatic carbocycles. The fraction of sp³-hybridized carbons (Fsp3) is 0.474. The van der Waals surface area contributed by atoms with Crippen molar-refractivity contribution in [2.75, 3.05) is 7.11 Å². The van der Waals surface area contributed by atoms with E-state index in [4.69, 9.17) is 4.74 Å². The lowest BCUT2D eigenvalue weighted by atomic mass is 10.0. The van der Waals surface area contributed by atoms with Gasteiger partial charge < -0.3 is 9.30 Å². The number of hydrogen-bond donors (Lipinski definition) is 0. The Balaban J connectivity index is 2.35. The molecule has 0 fully saturated rings. The highest BCUT2D eigenvalue weighted by Gasteiger charge is 2.26. The maximum Gasteiger partial charge on any atom is 0.100 e. The van der Waals surface area contributed by atoms with Crippen molar-refractivity contribution < 1.29 is 4.74 Å². The summed E-state index contributed by atoms with van der Waals surface area (Å²) in [7, 11) is 1.78. The minimum Gasteiger partial charge on any atom is -0.375 e. The Morgan fingerprint density at radius 3 is 2.45 bits per heavy atom. The number of aromatic nitrogens is 1. The van der Waals surface area contributed by atoms with Crippen molar-refractivity contribution in [3.63, 3.8) is 0 Å². The molecule has 0 saturated carbocycles. The van der Waals surface area contributed by atoms with Gasteiger partial charge in [-0.1, -0.05) is 59.6 Å². The van der Waals surface area contributed by atoms with Gasteiger partial charge in [0.25, 0.3) is 0 Å². The summed E-state index contributed by atoms with van der Waals surface area (Å²) in [6.07, 6.45) is 2.41. The molecule has 2 aromatic rings. The molecule has 0 aliphatic rings. The topological polar surface area (TPSA) is 14.2 Å². The summed E-state index contributed by atoms with van der Waals surface area (Å²) in [5.41, 5.74) is 5.21. The summed E-state index contributed by atoms with van der Waals surface area (Å²) in [5.74, 6) is 0. The van der Waals surface area contributed by atoms with Crippen LogP contribution in [0.25, 0.3) is 0 Å². The summed E-state index contributed by atoms with van der Waals surface area (Å²) in [6.45, 7) is 7.70. The first-order chi connectivity index (χ1) is 10.6. The van der Waals surface area contributed by atoms with Crippen LogP contribution < -0.4 is 0 Å². The number of methoxy groups -OCH3 is 1. The molecular formula is C19H26BrNO. The maximum absolute atomic E-state index is 5.80. The standard InChI is InChI=1S/C19H26BrNO/c1-5-6-12-21-15(3)14(2)13-17(21)18(20)19(22-4)16-10-8-7-9-11-16/h7-11,13,18-19H,5-6,12H2,1-4H3. The van der Waals surface area contributed by atoms with Crippen LogP contribution in [0.3, 0.4) is 0 Å². The van der Waals surface area contributed by atoms with E-state index in [0.29, 0.717) is 0 Å². The van der Waals surface area contributed by atoms with Crippen molar-refractivity contribution in [2.24, 2.45) is 0 Å². The molecule has 0 amide bonds.